The molecule has 1 aromatic carbocycles. The quantitative estimate of drug-likeness (QED) is 0.838. The SMILES string of the molecule is CC(=O)N(C)C1CCN(c2cccc(Br)c2)CC1. The fraction of sp³-hybridized carbons (Fsp3) is 0.500. The Labute approximate surface area is 117 Å². The zero-order chi connectivity index (χ0) is 13.1. The van der Waals surface area contributed by atoms with Gasteiger partial charge < -0.3 is 9.80 Å². The highest BCUT2D eigenvalue weighted by molar-refractivity contribution is 9.10. The topological polar surface area (TPSA) is 23.6 Å². The van der Waals surface area contributed by atoms with E-state index in [0.717, 1.165) is 30.4 Å². The molecule has 1 fully saturated rings. The third-order valence-electron chi connectivity index (χ3n) is 3.68. The van der Waals surface area contributed by atoms with Crippen molar-refractivity contribution in [2.24, 2.45) is 0 Å². The molecular weight excluding hydrogens is 292 g/mol. The molecule has 1 aliphatic rings. The molecule has 0 aliphatic carbocycles. The number of nitrogens with zero attached hydrogens (tertiary/aromatic N) is 2. The first-order valence-electron chi connectivity index (χ1n) is 6.32. The van der Waals surface area contributed by atoms with Gasteiger partial charge in [0.2, 0.25) is 5.91 Å². The zero-order valence-electron chi connectivity index (χ0n) is 10.9. The Balaban J connectivity index is 1.96. The van der Waals surface area contributed by atoms with Crippen LogP contribution in [0.1, 0.15) is 19.8 Å². The Morgan fingerprint density at radius 2 is 2.06 bits per heavy atom. The molecule has 1 amide bonds. The second kappa shape index (κ2) is 5.74. The molecule has 0 unspecified atom stereocenters. The Morgan fingerprint density at radius 1 is 1.39 bits per heavy atom. The van der Waals surface area contributed by atoms with Crippen molar-refractivity contribution in [1.29, 1.82) is 0 Å². The van der Waals surface area contributed by atoms with Crippen LogP contribution in [-0.4, -0.2) is 37.0 Å². The summed E-state index contributed by atoms with van der Waals surface area (Å²) < 4.78 is 1.11. The number of hydrogen-bond acceptors (Lipinski definition) is 2. The molecular formula is C14H19BrN2O. The van der Waals surface area contributed by atoms with Crippen LogP contribution in [0.2, 0.25) is 0 Å². The predicted octanol–water partition coefficient (Wildman–Crippen LogP) is 2.90. The molecule has 1 heterocycles. The average molecular weight is 311 g/mol. The molecule has 1 aliphatic heterocycles. The molecule has 0 aromatic heterocycles. The lowest BCUT2D eigenvalue weighted by molar-refractivity contribution is -0.129. The minimum Gasteiger partial charge on any atom is -0.371 e. The summed E-state index contributed by atoms with van der Waals surface area (Å²) in [5.41, 5.74) is 1.26. The number of rotatable bonds is 2. The van der Waals surface area contributed by atoms with E-state index in [2.05, 4.69) is 39.0 Å². The normalized spacial score (nSPS) is 16.7. The van der Waals surface area contributed by atoms with Crippen LogP contribution in [0, 0.1) is 0 Å². The molecule has 2 rings (SSSR count). The fourth-order valence-electron chi connectivity index (χ4n) is 2.44. The van der Waals surface area contributed by atoms with Gasteiger partial charge in [-0.15, -0.1) is 0 Å². The molecule has 18 heavy (non-hydrogen) atoms. The summed E-state index contributed by atoms with van der Waals surface area (Å²) in [5.74, 6) is 0.163. The molecule has 3 nitrogen and oxygen atoms in total. The monoisotopic (exact) mass is 310 g/mol. The van der Waals surface area contributed by atoms with Gasteiger partial charge in [-0.3, -0.25) is 4.79 Å². The first-order chi connectivity index (χ1) is 8.58. The molecule has 0 atom stereocenters. The number of carbonyl (C=O) groups excluding carboxylic acids is 1. The minimum absolute atomic E-state index is 0.163. The number of hydrogen-bond donors (Lipinski definition) is 0. The van der Waals surface area contributed by atoms with E-state index >= 15 is 0 Å². The Bertz CT molecular complexity index is 428. The highest BCUT2D eigenvalue weighted by Crippen LogP contribution is 2.24. The summed E-state index contributed by atoms with van der Waals surface area (Å²) in [7, 11) is 1.90. The van der Waals surface area contributed by atoms with Gasteiger partial charge in [0.15, 0.2) is 0 Å². The number of piperidine rings is 1. The number of amides is 1. The van der Waals surface area contributed by atoms with Crippen molar-refractivity contribution in [2.45, 2.75) is 25.8 Å². The van der Waals surface area contributed by atoms with Gasteiger partial charge in [0.1, 0.15) is 0 Å². The van der Waals surface area contributed by atoms with Crippen molar-refractivity contribution in [3.8, 4) is 0 Å². The van der Waals surface area contributed by atoms with E-state index in [4.69, 9.17) is 0 Å². The lowest BCUT2D eigenvalue weighted by Crippen LogP contribution is -2.45. The Kier molecular flexibility index (Phi) is 4.27. The predicted molar refractivity (Wildman–Crippen MR) is 77.8 cm³/mol. The average Bonchev–Trinajstić information content (AvgIpc) is 2.38. The van der Waals surface area contributed by atoms with E-state index in [-0.39, 0.29) is 5.91 Å². The second-order valence-electron chi connectivity index (χ2n) is 4.83. The number of halogens is 1. The van der Waals surface area contributed by atoms with Gasteiger partial charge in [-0.2, -0.15) is 0 Å². The summed E-state index contributed by atoms with van der Waals surface area (Å²) in [6, 6.07) is 8.78. The van der Waals surface area contributed by atoms with Crippen LogP contribution in [0.3, 0.4) is 0 Å². The smallest absolute Gasteiger partial charge is 0.219 e. The summed E-state index contributed by atoms with van der Waals surface area (Å²) in [6.07, 6.45) is 2.09. The van der Waals surface area contributed by atoms with Crippen molar-refractivity contribution < 1.29 is 4.79 Å². The minimum atomic E-state index is 0.163. The maximum absolute atomic E-state index is 11.3. The Hall–Kier alpha value is -1.03. The van der Waals surface area contributed by atoms with Crippen LogP contribution in [0.25, 0.3) is 0 Å². The van der Waals surface area contributed by atoms with Crippen molar-refractivity contribution in [2.75, 3.05) is 25.0 Å². The Morgan fingerprint density at radius 3 is 2.61 bits per heavy atom. The van der Waals surface area contributed by atoms with Crippen LogP contribution in [0.4, 0.5) is 5.69 Å². The first kappa shape index (κ1) is 13.4. The highest BCUT2D eigenvalue weighted by atomic mass is 79.9. The van der Waals surface area contributed by atoms with Crippen LogP contribution in [-0.2, 0) is 4.79 Å². The van der Waals surface area contributed by atoms with Crippen molar-refractivity contribution in [3.05, 3.63) is 28.7 Å². The lowest BCUT2D eigenvalue weighted by atomic mass is 10.0. The third-order valence-corrected chi connectivity index (χ3v) is 4.18. The molecule has 1 saturated heterocycles. The van der Waals surface area contributed by atoms with Crippen molar-refractivity contribution >= 4 is 27.5 Å². The highest BCUT2D eigenvalue weighted by Gasteiger charge is 2.23. The molecule has 0 N–H and O–H groups in total. The first-order valence-corrected chi connectivity index (χ1v) is 7.11. The number of anilines is 1. The molecule has 0 bridgehead atoms. The van der Waals surface area contributed by atoms with Crippen LogP contribution < -0.4 is 4.90 Å². The van der Waals surface area contributed by atoms with Crippen molar-refractivity contribution in [3.63, 3.8) is 0 Å². The van der Waals surface area contributed by atoms with Crippen LogP contribution in [0.5, 0.6) is 0 Å². The lowest BCUT2D eigenvalue weighted by Gasteiger charge is -2.37. The number of carbonyl (C=O) groups is 1. The van der Waals surface area contributed by atoms with E-state index in [1.54, 1.807) is 6.92 Å². The summed E-state index contributed by atoms with van der Waals surface area (Å²) in [5, 5.41) is 0. The van der Waals surface area contributed by atoms with Crippen LogP contribution in [0.15, 0.2) is 28.7 Å². The van der Waals surface area contributed by atoms with Crippen molar-refractivity contribution in [1.82, 2.24) is 4.90 Å². The van der Waals surface area contributed by atoms with E-state index in [0.29, 0.717) is 6.04 Å². The van der Waals surface area contributed by atoms with Gasteiger partial charge >= 0.3 is 0 Å². The molecule has 98 valence electrons. The van der Waals surface area contributed by atoms with Gasteiger partial charge in [0.05, 0.1) is 0 Å². The maximum atomic E-state index is 11.3. The van der Waals surface area contributed by atoms with Crippen LogP contribution >= 0.6 is 15.9 Å². The summed E-state index contributed by atoms with van der Waals surface area (Å²) >= 11 is 3.50. The van der Waals surface area contributed by atoms with Gasteiger partial charge in [-0.25, -0.2) is 0 Å². The summed E-state index contributed by atoms with van der Waals surface area (Å²) in [4.78, 5) is 15.6. The maximum Gasteiger partial charge on any atom is 0.219 e. The van der Waals surface area contributed by atoms with E-state index < -0.39 is 0 Å². The standard InChI is InChI=1S/C14H19BrN2O/c1-11(18)16(2)13-6-8-17(9-7-13)14-5-3-4-12(15)10-14/h3-5,10,13H,6-9H2,1-2H3. The molecule has 4 heteroatoms. The largest absolute Gasteiger partial charge is 0.371 e. The van der Waals surface area contributed by atoms with E-state index in [1.165, 1.54) is 5.69 Å². The van der Waals surface area contributed by atoms with Gasteiger partial charge in [0, 0.05) is 43.3 Å². The van der Waals surface area contributed by atoms with Gasteiger partial charge in [-0.05, 0) is 31.0 Å². The van der Waals surface area contributed by atoms with E-state index in [1.807, 2.05) is 18.0 Å². The fourth-order valence-corrected chi connectivity index (χ4v) is 2.83. The van der Waals surface area contributed by atoms with Gasteiger partial charge in [0.25, 0.3) is 0 Å². The van der Waals surface area contributed by atoms with E-state index in [9.17, 15) is 4.79 Å². The molecule has 0 radical (unpaired) electrons. The molecule has 0 spiro atoms. The van der Waals surface area contributed by atoms with Gasteiger partial charge in [-0.1, -0.05) is 22.0 Å². The number of benzene rings is 1. The molecule has 0 saturated carbocycles. The third kappa shape index (κ3) is 3.05. The zero-order valence-corrected chi connectivity index (χ0v) is 12.5. The second-order valence-corrected chi connectivity index (χ2v) is 5.74. The molecule has 1 aromatic rings. The summed E-state index contributed by atoms with van der Waals surface area (Å²) in [6.45, 7) is 3.66.